The molecule has 0 fully saturated rings. The summed E-state index contributed by atoms with van der Waals surface area (Å²) in [6.45, 7) is 0.400. The third-order valence-electron chi connectivity index (χ3n) is 1.71. The molecular formula is C10H15NO2. The minimum absolute atomic E-state index is 0.0510. The van der Waals surface area contributed by atoms with Gasteiger partial charge in [0, 0.05) is 19.8 Å². The maximum atomic E-state index is 8.54. The van der Waals surface area contributed by atoms with Crippen molar-refractivity contribution in [2.45, 2.75) is 0 Å². The molecule has 0 aliphatic rings. The number of rotatable bonds is 4. The largest absolute Gasteiger partial charge is 0.491 e. The van der Waals surface area contributed by atoms with Crippen LogP contribution in [0.2, 0.25) is 0 Å². The van der Waals surface area contributed by atoms with Crippen LogP contribution >= 0.6 is 0 Å². The molecule has 13 heavy (non-hydrogen) atoms. The summed E-state index contributed by atoms with van der Waals surface area (Å²) in [5.74, 6) is 0.791. The molecule has 1 rings (SSSR count). The molecule has 1 aromatic rings. The molecule has 0 spiro atoms. The molecule has 0 aliphatic carbocycles. The van der Waals surface area contributed by atoms with E-state index in [4.69, 9.17) is 9.84 Å². The fourth-order valence-electron chi connectivity index (χ4n) is 1.00. The molecule has 0 aromatic heterocycles. The van der Waals surface area contributed by atoms with Gasteiger partial charge in [-0.15, -0.1) is 0 Å². The predicted molar refractivity (Wildman–Crippen MR) is 53.3 cm³/mol. The lowest BCUT2D eigenvalue weighted by Crippen LogP contribution is -2.08. The quantitative estimate of drug-likeness (QED) is 0.755. The molecule has 72 valence electrons. The smallest absolute Gasteiger partial charge is 0.119 e. The Hall–Kier alpha value is -1.22. The summed E-state index contributed by atoms with van der Waals surface area (Å²) in [6, 6.07) is 7.75. The Balaban J connectivity index is 2.59. The molecule has 1 aromatic carbocycles. The molecule has 0 radical (unpaired) electrons. The fourth-order valence-corrected chi connectivity index (χ4v) is 1.00. The summed E-state index contributed by atoms with van der Waals surface area (Å²) in [4.78, 5) is 2.02. The van der Waals surface area contributed by atoms with Crippen molar-refractivity contribution in [1.29, 1.82) is 0 Å². The van der Waals surface area contributed by atoms with Gasteiger partial charge in [0.05, 0.1) is 6.61 Å². The third-order valence-corrected chi connectivity index (χ3v) is 1.71. The van der Waals surface area contributed by atoms with E-state index in [-0.39, 0.29) is 6.61 Å². The molecule has 0 heterocycles. The zero-order valence-corrected chi connectivity index (χ0v) is 8.03. The molecule has 0 unspecified atom stereocenters. The van der Waals surface area contributed by atoms with Crippen molar-refractivity contribution in [3.05, 3.63) is 24.3 Å². The van der Waals surface area contributed by atoms with Gasteiger partial charge in [0.15, 0.2) is 0 Å². The Kier molecular flexibility index (Phi) is 3.58. The zero-order valence-electron chi connectivity index (χ0n) is 8.03. The van der Waals surface area contributed by atoms with Crippen LogP contribution in [0.1, 0.15) is 0 Å². The summed E-state index contributed by atoms with van der Waals surface area (Å²) in [5, 5.41) is 8.54. The molecule has 0 saturated carbocycles. The van der Waals surface area contributed by atoms with Gasteiger partial charge in [0.25, 0.3) is 0 Å². The first-order valence-corrected chi connectivity index (χ1v) is 4.25. The van der Waals surface area contributed by atoms with Gasteiger partial charge in [-0.1, -0.05) is 0 Å². The second-order valence-corrected chi connectivity index (χ2v) is 2.96. The van der Waals surface area contributed by atoms with Crippen LogP contribution in [0, 0.1) is 0 Å². The molecule has 3 heteroatoms. The van der Waals surface area contributed by atoms with Crippen LogP contribution in [0.3, 0.4) is 0 Å². The lowest BCUT2D eigenvalue weighted by Gasteiger charge is -2.12. The molecule has 3 nitrogen and oxygen atoms in total. The van der Waals surface area contributed by atoms with Gasteiger partial charge >= 0.3 is 0 Å². The van der Waals surface area contributed by atoms with E-state index in [1.54, 1.807) is 0 Å². The first kappa shape index (κ1) is 9.86. The van der Waals surface area contributed by atoms with Gasteiger partial charge in [0.1, 0.15) is 12.4 Å². The summed E-state index contributed by atoms with van der Waals surface area (Å²) in [7, 11) is 3.98. The Bertz CT molecular complexity index is 244. The summed E-state index contributed by atoms with van der Waals surface area (Å²) < 4.78 is 5.22. The van der Waals surface area contributed by atoms with E-state index in [1.807, 2.05) is 43.3 Å². The SMILES string of the molecule is CN(C)c1ccc(OCCO)cc1. The molecule has 0 amide bonds. The van der Waals surface area contributed by atoms with Crippen LogP contribution in [0.4, 0.5) is 5.69 Å². The standard InChI is InChI=1S/C10H15NO2/c1-11(2)9-3-5-10(6-4-9)13-8-7-12/h3-6,12H,7-8H2,1-2H3. The van der Waals surface area contributed by atoms with Gasteiger partial charge in [0.2, 0.25) is 0 Å². The highest BCUT2D eigenvalue weighted by Crippen LogP contribution is 2.17. The first-order chi connectivity index (χ1) is 6.24. The van der Waals surface area contributed by atoms with Crippen molar-refractivity contribution < 1.29 is 9.84 Å². The Morgan fingerprint density at radius 3 is 2.31 bits per heavy atom. The number of hydrogen-bond acceptors (Lipinski definition) is 3. The summed E-state index contributed by atoms with van der Waals surface area (Å²) >= 11 is 0. The van der Waals surface area contributed by atoms with Crippen molar-refractivity contribution in [3.63, 3.8) is 0 Å². The monoisotopic (exact) mass is 181 g/mol. The van der Waals surface area contributed by atoms with E-state index < -0.39 is 0 Å². The number of benzene rings is 1. The number of nitrogens with zero attached hydrogens (tertiary/aromatic N) is 1. The second-order valence-electron chi connectivity index (χ2n) is 2.96. The lowest BCUT2D eigenvalue weighted by molar-refractivity contribution is 0.201. The minimum Gasteiger partial charge on any atom is -0.491 e. The van der Waals surface area contributed by atoms with Crippen molar-refractivity contribution in [3.8, 4) is 5.75 Å². The van der Waals surface area contributed by atoms with E-state index in [1.165, 1.54) is 0 Å². The van der Waals surface area contributed by atoms with E-state index >= 15 is 0 Å². The van der Waals surface area contributed by atoms with Crippen molar-refractivity contribution in [1.82, 2.24) is 0 Å². The average Bonchev–Trinajstić information content (AvgIpc) is 2.15. The Morgan fingerprint density at radius 1 is 1.23 bits per heavy atom. The Morgan fingerprint density at radius 2 is 1.85 bits per heavy atom. The summed E-state index contributed by atoms with van der Waals surface area (Å²) in [6.07, 6.45) is 0. The number of hydrogen-bond donors (Lipinski definition) is 1. The highest BCUT2D eigenvalue weighted by Gasteiger charge is 1.95. The topological polar surface area (TPSA) is 32.7 Å². The molecule has 0 saturated heterocycles. The lowest BCUT2D eigenvalue weighted by atomic mass is 10.3. The van der Waals surface area contributed by atoms with E-state index in [2.05, 4.69) is 0 Å². The van der Waals surface area contributed by atoms with Gasteiger partial charge in [-0.3, -0.25) is 0 Å². The fraction of sp³-hybridized carbons (Fsp3) is 0.400. The predicted octanol–water partition coefficient (Wildman–Crippen LogP) is 1.12. The van der Waals surface area contributed by atoms with Crippen molar-refractivity contribution in [2.24, 2.45) is 0 Å². The number of ether oxygens (including phenoxy) is 1. The van der Waals surface area contributed by atoms with Crippen LogP contribution in [-0.2, 0) is 0 Å². The van der Waals surface area contributed by atoms with Crippen LogP contribution in [0.5, 0.6) is 5.75 Å². The summed E-state index contributed by atoms with van der Waals surface area (Å²) in [5.41, 5.74) is 1.14. The maximum Gasteiger partial charge on any atom is 0.119 e. The normalized spacial score (nSPS) is 9.77. The minimum atomic E-state index is 0.0510. The third kappa shape index (κ3) is 2.95. The van der Waals surface area contributed by atoms with E-state index in [0.717, 1.165) is 11.4 Å². The zero-order chi connectivity index (χ0) is 9.68. The van der Waals surface area contributed by atoms with Gasteiger partial charge in [-0.25, -0.2) is 0 Å². The van der Waals surface area contributed by atoms with Gasteiger partial charge in [-0.2, -0.15) is 0 Å². The molecule has 1 N–H and O–H groups in total. The maximum absolute atomic E-state index is 8.54. The van der Waals surface area contributed by atoms with Gasteiger partial charge < -0.3 is 14.7 Å². The number of aliphatic hydroxyl groups excluding tert-OH is 1. The second kappa shape index (κ2) is 4.72. The highest BCUT2D eigenvalue weighted by atomic mass is 16.5. The average molecular weight is 181 g/mol. The first-order valence-electron chi connectivity index (χ1n) is 4.25. The highest BCUT2D eigenvalue weighted by molar-refractivity contribution is 5.47. The van der Waals surface area contributed by atoms with E-state index in [0.29, 0.717) is 6.61 Å². The Labute approximate surface area is 78.6 Å². The van der Waals surface area contributed by atoms with Crippen molar-refractivity contribution in [2.75, 3.05) is 32.2 Å². The van der Waals surface area contributed by atoms with Gasteiger partial charge in [-0.05, 0) is 24.3 Å². The molecule has 0 atom stereocenters. The van der Waals surface area contributed by atoms with Crippen LogP contribution < -0.4 is 9.64 Å². The number of aliphatic hydroxyl groups is 1. The van der Waals surface area contributed by atoms with E-state index in [9.17, 15) is 0 Å². The number of anilines is 1. The molecule has 0 aliphatic heterocycles. The van der Waals surface area contributed by atoms with Crippen LogP contribution in [0.15, 0.2) is 24.3 Å². The van der Waals surface area contributed by atoms with Crippen molar-refractivity contribution >= 4 is 5.69 Å². The molecular weight excluding hydrogens is 166 g/mol. The van der Waals surface area contributed by atoms with Crippen LogP contribution in [0.25, 0.3) is 0 Å². The van der Waals surface area contributed by atoms with Crippen LogP contribution in [-0.4, -0.2) is 32.4 Å². The molecule has 0 bridgehead atoms.